The monoisotopic (exact) mass is 449 g/mol. The molecule has 0 unspecified atom stereocenters. The van der Waals surface area contributed by atoms with Gasteiger partial charge in [-0.15, -0.1) is 21.5 Å². The van der Waals surface area contributed by atoms with E-state index in [1.165, 1.54) is 35.2 Å². The van der Waals surface area contributed by atoms with Gasteiger partial charge in [-0.3, -0.25) is 9.20 Å². The maximum absolute atomic E-state index is 13.3. The summed E-state index contributed by atoms with van der Waals surface area (Å²) in [4.78, 5) is 17.6. The maximum Gasteiger partial charge on any atom is 0.230 e. The number of nitrogens with one attached hydrogen (secondary N) is 1. The van der Waals surface area contributed by atoms with Gasteiger partial charge >= 0.3 is 0 Å². The van der Waals surface area contributed by atoms with Crippen LogP contribution in [0.15, 0.2) is 71.5 Å². The Labute approximate surface area is 185 Å². The number of halogens is 1. The second kappa shape index (κ2) is 8.44. The van der Waals surface area contributed by atoms with Crippen LogP contribution in [-0.4, -0.2) is 31.2 Å². The molecule has 154 valence electrons. The minimum Gasteiger partial charge on any atom is -0.351 e. The van der Waals surface area contributed by atoms with Crippen LogP contribution in [0.25, 0.3) is 27.0 Å². The maximum atomic E-state index is 13.3. The first kappa shape index (κ1) is 19.7. The van der Waals surface area contributed by atoms with Crippen LogP contribution in [0.1, 0.15) is 5.56 Å². The first-order chi connectivity index (χ1) is 15.2. The van der Waals surface area contributed by atoms with Gasteiger partial charge in [-0.1, -0.05) is 54.2 Å². The molecule has 0 fully saturated rings. The molecule has 0 saturated heterocycles. The minimum atomic E-state index is -0.279. The Hall–Kier alpha value is -3.30. The highest BCUT2D eigenvalue weighted by Crippen LogP contribution is 2.35. The number of nitrogens with zero attached hydrogens (tertiary/aromatic N) is 4. The van der Waals surface area contributed by atoms with Crippen LogP contribution >= 0.6 is 23.1 Å². The van der Waals surface area contributed by atoms with Gasteiger partial charge in [0, 0.05) is 17.5 Å². The normalized spacial score (nSPS) is 11.3. The number of rotatable bonds is 6. The molecule has 9 heteroatoms. The Bertz CT molecular complexity index is 1370. The van der Waals surface area contributed by atoms with Crippen molar-refractivity contribution in [1.82, 2.24) is 24.9 Å². The second-order valence-electron chi connectivity index (χ2n) is 6.81. The number of hydrogen-bond donors (Lipinski definition) is 1. The number of fused-ring (bicyclic) bond motifs is 3. The summed E-state index contributed by atoms with van der Waals surface area (Å²) >= 11 is 2.81. The van der Waals surface area contributed by atoms with Gasteiger partial charge in [0.25, 0.3) is 0 Å². The van der Waals surface area contributed by atoms with E-state index < -0.39 is 0 Å². The van der Waals surface area contributed by atoms with Gasteiger partial charge < -0.3 is 5.32 Å². The van der Waals surface area contributed by atoms with E-state index in [2.05, 4.69) is 20.5 Å². The van der Waals surface area contributed by atoms with Gasteiger partial charge in [-0.25, -0.2) is 9.37 Å². The van der Waals surface area contributed by atoms with E-state index in [9.17, 15) is 9.18 Å². The SMILES string of the molecule is O=C(CSc1nnc2c3c(-c4ccc(F)cc4)csc3ncn12)NCc1ccccc1. The third-order valence-electron chi connectivity index (χ3n) is 4.77. The smallest absolute Gasteiger partial charge is 0.230 e. The quantitative estimate of drug-likeness (QED) is 0.385. The fourth-order valence-electron chi connectivity index (χ4n) is 3.24. The molecule has 5 rings (SSSR count). The van der Waals surface area contributed by atoms with Crippen molar-refractivity contribution in [2.75, 3.05) is 5.75 Å². The summed E-state index contributed by atoms with van der Waals surface area (Å²) in [6, 6.07) is 16.1. The van der Waals surface area contributed by atoms with Gasteiger partial charge in [0.15, 0.2) is 10.8 Å². The predicted molar refractivity (Wildman–Crippen MR) is 121 cm³/mol. The Morgan fingerprint density at radius 1 is 1.10 bits per heavy atom. The first-order valence-electron chi connectivity index (χ1n) is 9.49. The molecule has 0 bridgehead atoms. The molecule has 3 heterocycles. The molecule has 1 amide bonds. The topological polar surface area (TPSA) is 72.2 Å². The Morgan fingerprint density at radius 3 is 2.71 bits per heavy atom. The number of carbonyl (C=O) groups is 1. The van der Waals surface area contributed by atoms with Gasteiger partial charge in [-0.05, 0) is 23.3 Å². The van der Waals surface area contributed by atoms with Crippen LogP contribution in [0.5, 0.6) is 0 Å². The lowest BCUT2D eigenvalue weighted by Gasteiger charge is -2.05. The third-order valence-corrected chi connectivity index (χ3v) is 6.60. The van der Waals surface area contributed by atoms with Crippen molar-refractivity contribution in [2.24, 2.45) is 0 Å². The standard InChI is InChI=1S/C22H16FN5OS2/c23-16-8-6-15(7-9-16)17-11-30-21-19(17)20-26-27-22(28(20)13-25-21)31-12-18(29)24-10-14-4-2-1-3-5-14/h1-9,11,13H,10,12H2,(H,24,29). The summed E-state index contributed by atoms with van der Waals surface area (Å²) < 4.78 is 15.1. The van der Waals surface area contributed by atoms with Crippen molar-refractivity contribution < 1.29 is 9.18 Å². The average Bonchev–Trinajstić information content (AvgIpc) is 3.41. The number of benzene rings is 2. The van der Waals surface area contributed by atoms with E-state index in [0.29, 0.717) is 17.3 Å². The molecule has 0 aliphatic rings. The fraction of sp³-hybridized carbons (Fsp3) is 0.0909. The highest BCUT2D eigenvalue weighted by atomic mass is 32.2. The van der Waals surface area contributed by atoms with Crippen LogP contribution in [-0.2, 0) is 11.3 Å². The number of thiophene rings is 1. The fourth-order valence-corrected chi connectivity index (χ4v) is 4.88. The van der Waals surface area contributed by atoms with Crippen molar-refractivity contribution in [2.45, 2.75) is 11.7 Å². The summed E-state index contributed by atoms with van der Waals surface area (Å²) in [6.07, 6.45) is 1.67. The van der Waals surface area contributed by atoms with Crippen molar-refractivity contribution in [1.29, 1.82) is 0 Å². The minimum absolute atomic E-state index is 0.0813. The number of aromatic nitrogens is 4. The van der Waals surface area contributed by atoms with Gasteiger partial charge in [-0.2, -0.15) is 0 Å². The van der Waals surface area contributed by atoms with Crippen molar-refractivity contribution in [3.05, 3.63) is 77.7 Å². The Morgan fingerprint density at radius 2 is 1.90 bits per heavy atom. The Balaban J connectivity index is 1.37. The van der Waals surface area contributed by atoms with E-state index in [0.717, 1.165) is 26.9 Å². The molecule has 0 atom stereocenters. The largest absolute Gasteiger partial charge is 0.351 e. The van der Waals surface area contributed by atoms with Crippen LogP contribution in [0.2, 0.25) is 0 Å². The summed E-state index contributed by atoms with van der Waals surface area (Å²) in [5, 5.41) is 15.0. The average molecular weight is 450 g/mol. The second-order valence-corrected chi connectivity index (χ2v) is 8.61. The zero-order valence-corrected chi connectivity index (χ0v) is 17.8. The van der Waals surface area contributed by atoms with Crippen LogP contribution < -0.4 is 5.32 Å². The lowest BCUT2D eigenvalue weighted by atomic mass is 10.1. The van der Waals surface area contributed by atoms with Gasteiger partial charge in [0.2, 0.25) is 5.91 Å². The molecule has 0 spiro atoms. The number of carbonyl (C=O) groups excluding carboxylic acids is 1. The summed E-state index contributed by atoms with van der Waals surface area (Å²) in [6.45, 7) is 0.485. The van der Waals surface area contributed by atoms with Crippen molar-refractivity contribution in [3.63, 3.8) is 0 Å². The van der Waals surface area contributed by atoms with Gasteiger partial charge in [0.1, 0.15) is 17.0 Å². The molecule has 2 aromatic carbocycles. The van der Waals surface area contributed by atoms with E-state index in [1.54, 1.807) is 22.9 Å². The van der Waals surface area contributed by atoms with Crippen molar-refractivity contribution in [3.8, 4) is 11.1 Å². The van der Waals surface area contributed by atoms with Crippen LogP contribution in [0.4, 0.5) is 4.39 Å². The molecule has 31 heavy (non-hydrogen) atoms. The molecule has 0 radical (unpaired) electrons. The molecule has 0 aliphatic heterocycles. The van der Waals surface area contributed by atoms with E-state index in [4.69, 9.17) is 0 Å². The van der Waals surface area contributed by atoms with E-state index in [1.807, 2.05) is 35.7 Å². The predicted octanol–water partition coefficient (Wildman–Crippen LogP) is 4.55. The Kier molecular flexibility index (Phi) is 5.35. The molecular weight excluding hydrogens is 433 g/mol. The lowest BCUT2D eigenvalue weighted by molar-refractivity contribution is -0.118. The zero-order chi connectivity index (χ0) is 21.2. The lowest BCUT2D eigenvalue weighted by Crippen LogP contribution is -2.24. The summed E-state index contributed by atoms with van der Waals surface area (Å²) in [5.74, 6) is -0.138. The molecule has 1 N–H and O–H groups in total. The zero-order valence-electron chi connectivity index (χ0n) is 16.2. The van der Waals surface area contributed by atoms with Crippen LogP contribution in [0.3, 0.4) is 0 Å². The van der Waals surface area contributed by atoms with Crippen molar-refractivity contribution >= 4 is 44.9 Å². The number of amides is 1. The molecule has 5 aromatic rings. The molecule has 3 aromatic heterocycles. The molecular formula is C22H16FN5OS2. The number of hydrogen-bond acceptors (Lipinski definition) is 6. The highest BCUT2D eigenvalue weighted by Gasteiger charge is 2.17. The van der Waals surface area contributed by atoms with Gasteiger partial charge in [0.05, 0.1) is 11.1 Å². The van der Waals surface area contributed by atoms with Crippen LogP contribution in [0, 0.1) is 5.82 Å². The third kappa shape index (κ3) is 4.01. The summed E-state index contributed by atoms with van der Waals surface area (Å²) in [7, 11) is 0. The molecule has 0 saturated carbocycles. The first-order valence-corrected chi connectivity index (χ1v) is 11.4. The van der Waals surface area contributed by atoms with E-state index >= 15 is 0 Å². The molecule has 0 aliphatic carbocycles. The number of thioether (sulfide) groups is 1. The highest BCUT2D eigenvalue weighted by molar-refractivity contribution is 7.99. The molecule has 6 nitrogen and oxygen atoms in total. The van der Waals surface area contributed by atoms with E-state index in [-0.39, 0.29) is 17.5 Å². The summed E-state index contributed by atoms with van der Waals surface area (Å²) in [5.41, 5.74) is 3.53.